The molecule has 1 saturated heterocycles. The zero-order chi connectivity index (χ0) is 29.6. The van der Waals surface area contributed by atoms with Crippen LogP contribution in [0.25, 0.3) is 0 Å². The molecule has 0 bridgehead atoms. The first-order valence-corrected chi connectivity index (χ1v) is 11.7. The van der Waals surface area contributed by atoms with Crippen LogP contribution >= 0.6 is 0 Å². The van der Waals surface area contributed by atoms with Gasteiger partial charge in [0.15, 0.2) is 0 Å². The van der Waals surface area contributed by atoms with E-state index in [2.05, 4.69) is 12.5 Å². The molecule has 1 heterocycles. The molecule has 1 aliphatic heterocycles. The number of carboxylic acid groups (broad SMARTS) is 1. The van der Waals surface area contributed by atoms with Crippen molar-refractivity contribution in [3.63, 3.8) is 0 Å². The SMILES string of the molecule is C#CC(=C)C.O=C(O)CC1CCN(Cc2ccc(C(F)(F)C(F)(F)F)cc2)C(c2ccc(C(F)(F)F)cc2)C1. The van der Waals surface area contributed by atoms with Gasteiger partial charge in [0.25, 0.3) is 0 Å². The maximum absolute atomic E-state index is 13.5. The van der Waals surface area contributed by atoms with E-state index in [-0.39, 0.29) is 18.9 Å². The lowest BCUT2D eigenvalue weighted by Gasteiger charge is -2.39. The molecule has 3 rings (SSSR count). The number of carbonyl (C=O) groups is 1. The fourth-order valence-electron chi connectivity index (χ4n) is 4.17. The fraction of sp³-hybridized carbons (Fsp3) is 0.393. The van der Waals surface area contributed by atoms with Gasteiger partial charge in [0, 0.05) is 24.6 Å². The highest BCUT2D eigenvalue weighted by molar-refractivity contribution is 5.67. The Hall–Kier alpha value is -3.39. The van der Waals surface area contributed by atoms with E-state index in [1.807, 2.05) is 4.90 Å². The molecule has 1 fully saturated rings. The summed E-state index contributed by atoms with van der Waals surface area (Å²) in [7, 11) is 0. The molecule has 11 heteroatoms. The second-order valence-electron chi connectivity index (χ2n) is 9.29. The number of halogens is 8. The van der Waals surface area contributed by atoms with Crippen molar-refractivity contribution in [2.75, 3.05) is 6.54 Å². The van der Waals surface area contributed by atoms with Crippen LogP contribution in [-0.2, 0) is 23.4 Å². The number of hydrogen-bond donors (Lipinski definition) is 1. The summed E-state index contributed by atoms with van der Waals surface area (Å²) in [5.41, 5.74) is -0.270. The number of hydrogen-bond acceptors (Lipinski definition) is 2. The summed E-state index contributed by atoms with van der Waals surface area (Å²) in [5, 5.41) is 9.12. The van der Waals surface area contributed by atoms with Crippen LogP contribution in [0.15, 0.2) is 60.7 Å². The van der Waals surface area contributed by atoms with Crippen molar-refractivity contribution in [2.24, 2.45) is 5.92 Å². The molecule has 3 nitrogen and oxygen atoms in total. The van der Waals surface area contributed by atoms with Crippen molar-refractivity contribution < 1.29 is 45.0 Å². The minimum atomic E-state index is -5.73. The van der Waals surface area contributed by atoms with Gasteiger partial charge >= 0.3 is 24.2 Å². The Morgan fingerprint density at radius 1 is 1.00 bits per heavy atom. The van der Waals surface area contributed by atoms with E-state index in [0.29, 0.717) is 42.6 Å². The third-order valence-corrected chi connectivity index (χ3v) is 6.21. The van der Waals surface area contributed by atoms with Crippen molar-refractivity contribution in [1.29, 1.82) is 0 Å². The summed E-state index contributed by atoms with van der Waals surface area (Å²) in [5.74, 6) is -3.87. The monoisotopic (exact) mass is 561 g/mol. The highest BCUT2D eigenvalue weighted by atomic mass is 19.4. The van der Waals surface area contributed by atoms with Gasteiger partial charge in [-0.2, -0.15) is 35.1 Å². The van der Waals surface area contributed by atoms with Crippen molar-refractivity contribution in [3.05, 3.63) is 82.9 Å². The molecule has 0 radical (unpaired) electrons. The standard InChI is InChI=1S/C23H21F8NO2.C5H6/c24-21(25,23(29,30)31)17-5-1-14(2-6-17)13-32-10-9-15(12-20(33)34)11-19(32)16-3-7-18(8-4-16)22(26,27)28;1-4-5(2)3/h1-8,15,19H,9-13H2,(H,33,34);1H,2H2,3H3. The summed E-state index contributed by atoms with van der Waals surface area (Å²) in [4.78, 5) is 13.0. The Morgan fingerprint density at radius 3 is 1.95 bits per heavy atom. The largest absolute Gasteiger partial charge is 0.481 e. The zero-order valence-electron chi connectivity index (χ0n) is 20.9. The molecule has 2 aromatic rings. The van der Waals surface area contributed by atoms with Crippen molar-refractivity contribution >= 4 is 5.97 Å². The highest BCUT2D eigenvalue weighted by Gasteiger charge is 2.58. The molecular formula is C28H27F8NO2. The first-order valence-electron chi connectivity index (χ1n) is 11.7. The Morgan fingerprint density at radius 2 is 1.51 bits per heavy atom. The molecule has 212 valence electrons. The Kier molecular flexibility index (Phi) is 10.3. The number of terminal acetylenes is 1. The van der Waals surface area contributed by atoms with E-state index >= 15 is 0 Å². The zero-order valence-corrected chi connectivity index (χ0v) is 20.9. The lowest BCUT2D eigenvalue weighted by atomic mass is 9.84. The number of carboxylic acids is 1. The number of allylic oxidation sites excluding steroid dienone is 1. The van der Waals surface area contributed by atoms with Crippen LogP contribution < -0.4 is 0 Å². The van der Waals surface area contributed by atoms with Crippen LogP contribution in [0.3, 0.4) is 0 Å². The Labute approximate surface area is 221 Å². The third kappa shape index (κ3) is 8.82. The number of benzene rings is 2. The van der Waals surface area contributed by atoms with Crippen LogP contribution in [0, 0.1) is 18.3 Å². The predicted molar refractivity (Wildman–Crippen MR) is 130 cm³/mol. The maximum atomic E-state index is 13.5. The summed E-state index contributed by atoms with van der Waals surface area (Å²) >= 11 is 0. The second kappa shape index (κ2) is 12.6. The summed E-state index contributed by atoms with van der Waals surface area (Å²) in [6, 6.07) is 7.76. The molecule has 39 heavy (non-hydrogen) atoms. The molecule has 0 aromatic heterocycles. The number of alkyl halides is 8. The number of rotatable bonds is 6. The van der Waals surface area contributed by atoms with E-state index < -0.39 is 41.4 Å². The highest BCUT2D eigenvalue weighted by Crippen LogP contribution is 2.44. The molecular weight excluding hydrogens is 534 g/mol. The third-order valence-electron chi connectivity index (χ3n) is 6.21. The molecule has 2 unspecified atom stereocenters. The van der Waals surface area contributed by atoms with Gasteiger partial charge in [0.1, 0.15) is 0 Å². The van der Waals surface area contributed by atoms with Crippen LogP contribution in [0.5, 0.6) is 0 Å². The van der Waals surface area contributed by atoms with Crippen LogP contribution in [-0.4, -0.2) is 28.7 Å². The van der Waals surface area contributed by atoms with E-state index in [0.717, 1.165) is 29.8 Å². The molecule has 1 N–H and O–H groups in total. The number of nitrogens with zero attached hydrogens (tertiary/aromatic N) is 1. The number of aliphatic carboxylic acids is 1. The Bertz CT molecular complexity index is 1160. The van der Waals surface area contributed by atoms with Gasteiger partial charge < -0.3 is 5.11 Å². The van der Waals surface area contributed by atoms with Gasteiger partial charge in [-0.15, -0.1) is 6.42 Å². The van der Waals surface area contributed by atoms with E-state index in [4.69, 9.17) is 11.5 Å². The van der Waals surface area contributed by atoms with E-state index in [9.17, 15) is 39.9 Å². The predicted octanol–water partition coefficient (Wildman–Crippen LogP) is 7.98. The van der Waals surface area contributed by atoms with Crippen molar-refractivity contribution in [2.45, 2.75) is 57.0 Å². The minimum Gasteiger partial charge on any atom is -0.481 e. The average molecular weight is 562 g/mol. The van der Waals surface area contributed by atoms with Crippen molar-refractivity contribution in [1.82, 2.24) is 4.90 Å². The maximum Gasteiger partial charge on any atom is 0.458 e. The van der Waals surface area contributed by atoms with Crippen LogP contribution in [0.4, 0.5) is 35.1 Å². The smallest absolute Gasteiger partial charge is 0.458 e. The van der Waals surface area contributed by atoms with Gasteiger partial charge in [-0.1, -0.05) is 48.9 Å². The van der Waals surface area contributed by atoms with Crippen LogP contribution in [0.1, 0.15) is 54.5 Å². The second-order valence-corrected chi connectivity index (χ2v) is 9.29. The van der Waals surface area contributed by atoms with Crippen LogP contribution in [0.2, 0.25) is 0 Å². The number of likely N-dealkylation sites (tertiary alicyclic amines) is 1. The lowest BCUT2D eigenvalue weighted by molar-refractivity contribution is -0.289. The molecule has 0 spiro atoms. The fourth-order valence-corrected chi connectivity index (χ4v) is 4.17. The van der Waals surface area contributed by atoms with E-state index in [1.54, 1.807) is 6.92 Å². The van der Waals surface area contributed by atoms with Gasteiger partial charge in [0.05, 0.1) is 5.56 Å². The van der Waals surface area contributed by atoms with Gasteiger partial charge in [0.2, 0.25) is 0 Å². The molecule has 2 aromatic carbocycles. The lowest BCUT2D eigenvalue weighted by Crippen LogP contribution is -2.37. The average Bonchev–Trinajstić information content (AvgIpc) is 2.84. The molecule has 0 amide bonds. The quantitative estimate of drug-likeness (QED) is 0.287. The number of piperidine rings is 1. The first kappa shape index (κ1) is 31.8. The molecule has 0 aliphatic carbocycles. The molecule has 1 aliphatic rings. The molecule has 0 saturated carbocycles. The van der Waals surface area contributed by atoms with Gasteiger partial charge in [-0.25, -0.2) is 0 Å². The topological polar surface area (TPSA) is 40.5 Å². The van der Waals surface area contributed by atoms with Gasteiger partial charge in [-0.3, -0.25) is 9.69 Å². The minimum absolute atomic E-state index is 0.105. The summed E-state index contributed by atoms with van der Waals surface area (Å²) in [6.45, 7) is 5.75. The summed E-state index contributed by atoms with van der Waals surface area (Å²) < 4.78 is 104. The van der Waals surface area contributed by atoms with Gasteiger partial charge in [-0.05, 0) is 61.1 Å². The van der Waals surface area contributed by atoms with Crippen molar-refractivity contribution in [3.8, 4) is 12.3 Å². The molecule has 2 atom stereocenters. The Balaban J connectivity index is 0.000000976. The normalized spacial score (nSPS) is 18.5. The van der Waals surface area contributed by atoms with E-state index in [1.165, 1.54) is 12.1 Å². The first-order chi connectivity index (χ1) is 18.0. The summed E-state index contributed by atoms with van der Waals surface area (Å²) in [6.07, 6.45) is -4.69.